The van der Waals surface area contributed by atoms with Gasteiger partial charge in [0.1, 0.15) is 17.9 Å². The first-order valence-corrected chi connectivity index (χ1v) is 9.22. The Balaban J connectivity index is 1.47. The highest BCUT2D eigenvalue weighted by Gasteiger charge is 2.25. The summed E-state index contributed by atoms with van der Waals surface area (Å²) >= 11 is 0. The number of carbonyl (C=O) groups excluding carboxylic acids is 1. The molecule has 0 aliphatic carbocycles. The normalized spacial score (nSPS) is 14.3. The smallest absolute Gasteiger partial charge is 0.408 e. The molecule has 0 N–H and O–H groups in total. The number of amides is 1. The monoisotopic (exact) mass is 398 g/mol. The van der Waals surface area contributed by atoms with Gasteiger partial charge >= 0.3 is 5.76 Å². The van der Waals surface area contributed by atoms with E-state index in [0.717, 1.165) is 27.5 Å². The minimum absolute atomic E-state index is 0.0978. The Morgan fingerprint density at radius 3 is 2.83 bits per heavy atom. The molecule has 7 nitrogen and oxygen atoms in total. The van der Waals surface area contributed by atoms with Crippen molar-refractivity contribution in [1.82, 2.24) is 19.0 Å². The van der Waals surface area contributed by atoms with Gasteiger partial charge in [-0.25, -0.2) is 18.6 Å². The predicted octanol–water partition coefficient (Wildman–Crippen LogP) is 2.65. The van der Waals surface area contributed by atoms with Gasteiger partial charge < -0.3 is 13.9 Å². The van der Waals surface area contributed by atoms with E-state index in [1.54, 1.807) is 4.90 Å². The van der Waals surface area contributed by atoms with Gasteiger partial charge in [0.15, 0.2) is 17.2 Å². The summed E-state index contributed by atoms with van der Waals surface area (Å²) in [5, 5.41) is 0. The lowest BCUT2D eigenvalue weighted by atomic mass is 10.3. The van der Waals surface area contributed by atoms with Crippen LogP contribution in [-0.4, -0.2) is 31.5 Å². The van der Waals surface area contributed by atoms with Crippen molar-refractivity contribution in [1.29, 1.82) is 0 Å². The number of hydrogen-bond donors (Lipinski definition) is 0. The van der Waals surface area contributed by atoms with Crippen LogP contribution in [0, 0.1) is 11.6 Å². The van der Waals surface area contributed by atoms with Gasteiger partial charge in [-0.05, 0) is 30.7 Å². The standard InChI is InChI=1S/C20H16F2N4O3/c21-12-6-7-15-19(18(12)22)26(20(28)29-15)11-17(27)24-8-3-9-25-14-5-2-1-4-13(14)23-16(25)10-24/h1-2,4-7H,3,8-11H2. The average Bonchev–Trinajstić information content (AvgIpc) is 3.13. The first-order valence-electron chi connectivity index (χ1n) is 9.22. The van der Waals surface area contributed by atoms with E-state index < -0.39 is 23.9 Å². The van der Waals surface area contributed by atoms with Gasteiger partial charge in [0.2, 0.25) is 5.91 Å². The third-order valence-corrected chi connectivity index (χ3v) is 5.24. The van der Waals surface area contributed by atoms with Crippen LogP contribution in [0.15, 0.2) is 45.6 Å². The molecule has 9 heteroatoms. The van der Waals surface area contributed by atoms with Crippen molar-refractivity contribution in [2.45, 2.75) is 26.1 Å². The van der Waals surface area contributed by atoms with E-state index in [-0.39, 0.29) is 23.6 Å². The van der Waals surface area contributed by atoms with Gasteiger partial charge in [0.25, 0.3) is 0 Å². The number of hydrogen-bond acceptors (Lipinski definition) is 4. The number of benzene rings is 2. The molecule has 1 aliphatic rings. The zero-order valence-electron chi connectivity index (χ0n) is 15.3. The zero-order valence-corrected chi connectivity index (χ0v) is 15.3. The number of rotatable bonds is 2. The van der Waals surface area contributed by atoms with Crippen LogP contribution in [-0.2, 0) is 24.4 Å². The molecular formula is C20H16F2N4O3. The molecular weight excluding hydrogens is 382 g/mol. The van der Waals surface area contributed by atoms with Gasteiger partial charge in [-0.2, -0.15) is 0 Å². The quantitative estimate of drug-likeness (QED) is 0.520. The Kier molecular flexibility index (Phi) is 3.97. The minimum atomic E-state index is -1.21. The molecule has 0 radical (unpaired) electrons. The number of oxazole rings is 1. The first kappa shape index (κ1) is 17.6. The number of nitrogens with zero attached hydrogens (tertiary/aromatic N) is 4. The molecule has 29 heavy (non-hydrogen) atoms. The molecule has 2 aromatic heterocycles. The van der Waals surface area contributed by atoms with Crippen molar-refractivity contribution in [3.8, 4) is 0 Å². The number of carbonyl (C=O) groups is 1. The largest absolute Gasteiger partial charge is 0.420 e. The average molecular weight is 398 g/mol. The number of halogens is 2. The Morgan fingerprint density at radius 2 is 1.97 bits per heavy atom. The van der Waals surface area contributed by atoms with E-state index in [9.17, 15) is 18.4 Å². The number of para-hydroxylation sites is 2. The molecule has 1 amide bonds. The highest BCUT2D eigenvalue weighted by Crippen LogP contribution is 2.22. The maximum Gasteiger partial charge on any atom is 0.420 e. The molecule has 0 fully saturated rings. The Hall–Kier alpha value is -3.49. The van der Waals surface area contributed by atoms with Gasteiger partial charge in [-0.15, -0.1) is 0 Å². The predicted molar refractivity (Wildman–Crippen MR) is 100 cm³/mol. The fourth-order valence-corrected chi connectivity index (χ4v) is 3.85. The molecule has 4 aromatic rings. The maximum absolute atomic E-state index is 14.2. The van der Waals surface area contributed by atoms with Crippen LogP contribution < -0.4 is 5.76 Å². The number of aromatic nitrogens is 3. The molecule has 0 spiro atoms. The molecule has 3 heterocycles. The highest BCUT2D eigenvalue weighted by molar-refractivity contribution is 5.80. The van der Waals surface area contributed by atoms with Crippen molar-refractivity contribution in [3.63, 3.8) is 0 Å². The Bertz CT molecular complexity index is 1320. The van der Waals surface area contributed by atoms with Crippen molar-refractivity contribution < 1.29 is 18.0 Å². The maximum atomic E-state index is 14.2. The minimum Gasteiger partial charge on any atom is -0.408 e. The van der Waals surface area contributed by atoms with E-state index in [2.05, 4.69) is 9.55 Å². The van der Waals surface area contributed by atoms with Crippen LogP contribution in [0.25, 0.3) is 22.1 Å². The first-order chi connectivity index (χ1) is 14.0. The second kappa shape index (κ2) is 6.54. The molecule has 0 saturated carbocycles. The lowest BCUT2D eigenvalue weighted by Crippen LogP contribution is -2.35. The summed E-state index contributed by atoms with van der Waals surface area (Å²) in [7, 11) is 0. The number of imidazole rings is 1. The van der Waals surface area contributed by atoms with Crippen LogP contribution in [0.2, 0.25) is 0 Å². The second-order valence-electron chi connectivity index (χ2n) is 7.00. The van der Waals surface area contributed by atoms with Crippen molar-refractivity contribution >= 4 is 28.0 Å². The number of fused-ring (bicyclic) bond motifs is 4. The van der Waals surface area contributed by atoms with E-state index in [1.165, 1.54) is 6.07 Å². The lowest BCUT2D eigenvalue weighted by molar-refractivity contribution is -0.132. The molecule has 1 aliphatic heterocycles. The van der Waals surface area contributed by atoms with Gasteiger partial charge in [0.05, 0.1) is 17.6 Å². The van der Waals surface area contributed by atoms with E-state index >= 15 is 0 Å². The van der Waals surface area contributed by atoms with E-state index in [1.807, 2.05) is 24.3 Å². The molecule has 2 aromatic carbocycles. The van der Waals surface area contributed by atoms with Gasteiger partial charge in [-0.1, -0.05) is 12.1 Å². The van der Waals surface area contributed by atoms with Crippen molar-refractivity contribution in [3.05, 3.63) is 64.4 Å². The van der Waals surface area contributed by atoms with E-state index in [0.29, 0.717) is 19.5 Å². The molecule has 0 unspecified atom stereocenters. The lowest BCUT2D eigenvalue weighted by Gasteiger charge is -2.19. The summed E-state index contributed by atoms with van der Waals surface area (Å²) in [6.07, 6.45) is 0.711. The summed E-state index contributed by atoms with van der Waals surface area (Å²) in [4.78, 5) is 31.2. The molecule has 5 rings (SSSR count). The third kappa shape index (κ3) is 2.81. The van der Waals surface area contributed by atoms with Gasteiger partial charge in [0, 0.05) is 13.1 Å². The van der Waals surface area contributed by atoms with Crippen LogP contribution in [0.3, 0.4) is 0 Å². The second-order valence-corrected chi connectivity index (χ2v) is 7.00. The third-order valence-electron chi connectivity index (χ3n) is 5.24. The molecule has 148 valence electrons. The van der Waals surface area contributed by atoms with Crippen LogP contribution >= 0.6 is 0 Å². The topological polar surface area (TPSA) is 73.3 Å². The van der Waals surface area contributed by atoms with Crippen LogP contribution in [0.4, 0.5) is 8.78 Å². The molecule has 0 saturated heterocycles. The summed E-state index contributed by atoms with van der Waals surface area (Å²) in [5.41, 5.74) is 1.42. The van der Waals surface area contributed by atoms with Gasteiger partial charge in [-0.3, -0.25) is 9.36 Å². The van der Waals surface area contributed by atoms with Crippen LogP contribution in [0.5, 0.6) is 0 Å². The summed E-state index contributed by atoms with van der Waals surface area (Å²) in [6, 6.07) is 9.79. The summed E-state index contributed by atoms with van der Waals surface area (Å²) in [5.74, 6) is -2.86. The number of aryl methyl sites for hydroxylation is 1. The van der Waals surface area contributed by atoms with Crippen molar-refractivity contribution in [2.24, 2.45) is 0 Å². The fourth-order valence-electron chi connectivity index (χ4n) is 3.85. The molecule has 0 bridgehead atoms. The SMILES string of the molecule is O=C(Cn1c(=O)oc2ccc(F)c(F)c21)N1CCCn2c(nc3ccccc32)C1. The fraction of sp³-hybridized carbons (Fsp3) is 0.250. The summed E-state index contributed by atoms with van der Waals surface area (Å²) in [6.45, 7) is 1.02. The molecule has 0 atom stereocenters. The van der Waals surface area contributed by atoms with Crippen molar-refractivity contribution in [2.75, 3.05) is 6.54 Å². The highest BCUT2D eigenvalue weighted by atomic mass is 19.2. The van der Waals surface area contributed by atoms with Crippen LogP contribution in [0.1, 0.15) is 12.2 Å². The Labute approximate surface area is 162 Å². The Morgan fingerprint density at radius 1 is 1.14 bits per heavy atom. The summed E-state index contributed by atoms with van der Waals surface area (Å²) < 4.78 is 35.7. The van der Waals surface area contributed by atoms with E-state index in [4.69, 9.17) is 4.42 Å². The zero-order chi connectivity index (χ0) is 20.1.